The Hall–Kier alpha value is -0.240. The van der Waals surface area contributed by atoms with Gasteiger partial charge in [-0.05, 0) is 7.14 Å². The predicted molar refractivity (Wildman–Crippen MR) is 169 cm³/mol. The Morgan fingerprint density at radius 3 is 1.29 bits per heavy atom. The first kappa shape index (κ1) is 28.3. The summed E-state index contributed by atoms with van der Waals surface area (Å²) in [5.41, 5.74) is 0. The Balaban J connectivity index is 0.000000156. The van der Waals surface area contributed by atoms with E-state index in [4.69, 9.17) is 17.0 Å². The van der Waals surface area contributed by atoms with Gasteiger partial charge in [-0.2, -0.15) is 0 Å². The SMILES string of the molecule is C[Si]C.Ic1ccc2c(c1)[cH-]c1ccccc12.Ic1ccc2c(c1)[cH-]c1ccccc12.[Cl][Zr+2][Cl]. The molecule has 6 heteroatoms. The van der Waals surface area contributed by atoms with Gasteiger partial charge in [-0.1, -0.05) is 119 Å². The van der Waals surface area contributed by atoms with Crippen LogP contribution < -0.4 is 0 Å². The van der Waals surface area contributed by atoms with E-state index in [1.165, 1.54) is 50.2 Å². The average Bonchev–Trinajstić information content (AvgIpc) is 3.37. The maximum absolute atomic E-state index is 4.93. The van der Waals surface area contributed by atoms with Crippen molar-refractivity contribution in [2.75, 3.05) is 0 Å². The third kappa shape index (κ3) is 7.39. The number of rotatable bonds is 0. The van der Waals surface area contributed by atoms with Crippen LogP contribution in [-0.4, -0.2) is 9.52 Å². The van der Waals surface area contributed by atoms with Gasteiger partial charge in [-0.25, -0.2) is 0 Å². The second-order valence-electron chi connectivity index (χ2n) is 7.50. The number of fused-ring (bicyclic) bond motifs is 6. The minimum atomic E-state index is -0.826. The van der Waals surface area contributed by atoms with E-state index in [0.29, 0.717) is 0 Å². The second-order valence-corrected chi connectivity index (χ2v) is 14.7. The van der Waals surface area contributed by atoms with E-state index < -0.39 is 20.8 Å². The summed E-state index contributed by atoms with van der Waals surface area (Å²) in [6.07, 6.45) is 0. The number of benzene rings is 4. The molecule has 0 aliphatic rings. The monoisotopic (exact) mass is 800 g/mol. The second kappa shape index (κ2) is 14.5. The Kier molecular flexibility index (Phi) is 12.1. The molecular formula is C28H22Cl2I2SiZr. The number of halogens is 4. The Morgan fingerprint density at radius 2 is 0.912 bits per heavy atom. The number of hydrogen-bond donors (Lipinski definition) is 0. The first-order chi connectivity index (χ1) is 16.5. The van der Waals surface area contributed by atoms with Gasteiger partial charge in [-0.15, -0.1) is 79.5 Å². The molecule has 0 N–H and O–H groups in total. The van der Waals surface area contributed by atoms with Gasteiger partial charge in [0, 0.05) is 9.52 Å². The van der Waals surface area contributed by atoms with E-state index in [-0.39, 0.29) is 0 Å². The van der Waals surface area contributed by atoms with Crippen LogP contribution in [0.4, 0.5) is 0 Å². The quantitative estimate of drug-likeness (QED) is 0.0815. The van der Waals surface area contributed by atoms with E-state index in [2.05, 4.69) is 155 Å². The molecular weight excluding hydrogens is 780 g/mol. The summed E-state index contributed by atoms with van der Waals surface area (Å²) >= 11 is 3.88. The normalized spacial score (nSPS) is 10.1. The van der Waals surface area contributed by atoms with Gasteiger partial charge in [0.15, 0.2) is 0 Å². The molecule has 0 fully saturated rings. The average molecular weight is 803 g/mol. The van der Waals surface area contributed by atoms with Gasteiger partial charge in [0.25, 0.3) is 0 Å². The summed E-state index contributed by atoms with van der Waals surface area (Å²) in [5.74, 6) is 0. The van der Waals surface area contributed by atoms with Crippen molar-refractivity contribution in [1.29, 1.82) is 0 Å². The van der Waals surface area contributed by atoms with Crippen LogP contribution >= 0.6 is 62.2 Å². The van der Waals surface area contributed by atoms with Gasteiger partial charge in [0.2, 0.25) is 0 Å². The van der Waals surface area contributed by atoms with Gasteiger partial charge >= 0.3 is 37.9 Å². The standard InChI is InChI=1S/2C13H8I.C2H6Si.2ClH.Zr/c2*14-11-5-6-13-10(8-11)7-9-3-1-2-4-12(9)13;1-3-2;;;/h2*1-8H;1-2H3;2*1H;/q2*-1;;;;+4/p-2. The first-order valence-corrected chi connectivity index (χ1v) is 21.0. The number of hydrogen-bond acceptors (Lipinski definition) is 0. The summed E-state index contributed by atoms with van der Waals surface area (Å²) in [6.45, 7) is 4.31. The molecule has 0 spiro atoms. The zero-order valence-corrected chi connectivity index (χ0v) is 28.0. The molecule has 2 radical (unpaired) electrons. The molecule has 0 saturated carbocycles. The maximum atomic E-state index is 4.93. The predicted octanol–water partition coefficient (Wildman–Crippen LogP) is 10.8. The Morgan fingerprint density at radius 1 is 0.588 bits per heavy atom. The molecule has 0 bridgehead atoms. The van der Waals surface area contributed by atoms with Crippen LogP contribution in [0, 0.1) is 7.14 Å². The van der Waals surface area contributed by atoms with Crippen LogP contribution in [0.3, 0.4) is 0 Å². The van der Waals surface area contributed by atoms with Crippen molar-refractivity contribution in [2.24, 2.45) is 0 Å². The van der Waals surface area contributed by atoms with Gasteiger partial charge < -0.3 is 0 Å². The molecule has 6 aromatic rings. The van der Waals surface area contributed by atoms with Crippen LogP contribution in [0.1, 0.15) is 0 Å². The zero-order valence-electron chi connectivity index (χ0n) is 18.7. The summed E-state index contributed by atoms with van der Waals surface area (Å²) in [6, 6.07) is 34.8. The van der Waals surface area contributed by atoms with E-state index in [0.717, 1.165) is 9.52 Å². The Bertz CT molecular complexity index is 1380. The molecule has 0 heterocycles. The van der Waals surface area contributed by atoms with E-state index in [1.807, 2.05) is 0 Å². The zero-order chi connectivity index (χ0) is 24.5. The van der Waals surface area contributed by atoms with Crippen molar-refractivity contribution in [1.82, 2.24) is 0 Å². The molecule has 0 aliphatic heterocycles. The van der Waals surface area contributed by atoms with Crippen molar-refractivity contribution in [3.8, 4) is 0 Å². The summed E-state index contributed by atoms with van der Waals surface area (Å²) in [7, 11) is 11.0. The molecule has 170 valence electrons. The van der Waals surface area contributed by atoms with Crippen molar-refractivity contribution >= 4 is 115 Å². The van der Waals surface area contributed by atoms with Gasteiger partial charge in [-0.3, -0.25) is 0 Å². The fourth-order valence-electron chi connectivity index (χ4n) is 3.87. The third-order valence-electron chi connectivity index (χ3n) is 5.15. The van der Waals surface area contributed by atoms with E-state index in [9.17, 15) is 0 Å². The van der Waals surface area contributed by atoms with Crippen molar-refractivity contribution in [3.63, 3.8) is 0 Å². The van der Waals surface area contributed by atoms with E-state index in [1.54, 1.807) is 0 Å². The third-order valence-corrected chi connectivity index (χ3v) is 6.49. The van der Waals surface area contributed by atoms with Crippen LogP contribution in [0.5, 0.6) is 0 Å². The van der Waals surface area contributed by atoms with Crippen LogP contribution in [0.2, 0.25) is 13.1 Å². The van der Waals surface area contributed by atoms with Crippen molar-refractivity contribution in [2.45, 2.75) is 13.1 Å². The first-order valence-electron chi connectivity index (χ1n) is 10.5. The summed E-state index contributed by atoms with van der Waals surface area (Å²) in [4.78, 5) is 0. The fraction of sp³-hybridized carbons (Fsp3) is 0.0714. The van der Waals surface area contributed by atoms with Crippen molar-refractivity contribution < 1.29 is 20.8 Å². The van der Waals surface area contributed by atoms with Crippen LogP contribution in [0.25, 0.3) is 43.1 Å². The topological polar surface area (TPSA) is 0 Å². The molecule has 6 rings (SSSR count). The van der Waals surface area contributed by atoms with Crippen LogP contribution in [0.15, 0.2) is 97.1 Å². The van der Waals surface area contributed by atoms with E-state index >= 15 is 0 Å². The molecule has 34 heavy (non-hydrogen) atoms. The molecule has 0 aliphatic carbocycles. The molecule has 0 amide bonds. The summed E-state index contributed by atoms with van der Waals surface area (Å²) < 4.78 is 2.59. The Labute approximate surface area is 249 Å². The molecule has 6 aromatic carbocycles. The van der Waals surface area contributed by atoms with Gasteiger partial charge in [0.1, 0.15) is 0 Å². The molecule has 0 unspecified atom stereocenters. The molecule has 0 nitrogen and oxygen atoms in total. The minimum absolute atomic E-state index is 0.826. The molecule has 0 atom stereocenters. The molecule has 0 aromatic heterocycles. The molecule has 0 saturated heterocycles. The fourth-order valence-corrected chi connectivity index (χ4v) is 4.90. The van der Waals surface area contributed by atoms with Gasteiger partial charge in [0.05, 0.1) is 0 Å². The van der Waals surface area contributed by atoms with Crippen LogP contribution in [-0.2, 0) is 20.8 Å². The van der Waals surface area contributed by atoms with Crippen molar-refractivity contribution in [3.05, 3.63) is 104 Å². The summed E-state index contributed by atoms with van der Waals surface area (Å²) in [5, 5.41) is 10.8.